The fraction of sp³-hybridized carbons (Fsp3) is 0.250. The van der Waals surface area contributed by atoms with Crippen molar-refractivity contribution in [2.24, 2.45) is 0 Å². The van der Waals surface area contributed by atoms with E-state index in [9.17, 15) is 9.59 Å². The van der Waals surface area contributed by atoms with Crippen molar-refractivity contribution < 1.29 is 9.59 Å². The molecule has 0 unspecified atom stereocenters. The molecule has 0 atom stereocenters. The highest BCUT2D eigenvalue weighted by atomic mass is 16.2. The van der Waals surface area contributed by atoms with Gasteiger partial charge in [0.15, 0.2) is 0 Å². The number of aromatic nitrogens is 2. The van der Waals surface area contributed by atoms with E-state index in [4.69, 9.17) is 0 Å². The minimum absolute atomic E-state index is 0.0535. The van der Waals surface area contributed by atoms with Crippen molar-refractivity contribution in [1.82, 2.24) is 9.97 Å². The third-order valence-corrected chi connectivity index (χ3v) is 6.86. The number of carbonyl (C=O) groups is 2. The van der Waals surface area contributed by atoms with Gasteiger partial charge in [-0.1, -0.05) is 90.1 Å². The molecule has 0 radical (unpaired) electrons. The summed E-state index contributed by atoms with van der Waals surface area (Å²) in [6.45, 7) is 13.0. The predicted molar refractivity (Wildman–Crippen MR) is 144 cm³/mol. The molecule has 0 fully saturated rings. The topological polar surface area (TPSA) is 59.9 Å². The molecule has 36 heavy (non-hydrogen) atoms. The van der Waals surface area contributed by atoms with Crippen molar-refractivity contribution in [1.29, 1.82) is 0 Å². The summed E-state index contributed by atoms with van der Waals surface area (Å²) in [5, 5.41) is 0. The highest BCUT2D eigenvalue weighted by Gasteiger charge is 2.33. The minimum atomic E-state index is -0.541. The minimum Gasteiger partial charge on any atom is -0.285 e. The van der Waals surface area contributed by atoms with Gasteiger partial charge in [0.05, 0.1) is 11.1 Å². The first kappa shape index (κ1) is 23.8. The lowest BCUT2D eigenvalue weighted by Crippen LogP contribution is -2.23. The number of benzene rings is 2. The molecule has 4 heteroatoms. The van der Waals surface area contributed by atoms with Crippen molar-refractivity contribution in [3.05, 3.63) is 95.3 Å². The van der Waals surface area contributed by atoms with Crippen LogP contribution in [0.3, 0.4) is 0 Å². The van der Waals surface area contributed by atoms with Crippen LogP contribution in [0.2, 0.25) is 0 Å². The molecule has 2 heterocycles. The first-order valence-corrected chi connectivity index (χ1v) is 12.2. The van der Waals surface area contributed by atoms with E-state index >= 15 is 0 Å². The average Bonchev–Trinajstić information content (AvgIpc) is 2.86. The third-order valence-electron chi connectivity index (χ3n) is 6.86. The van der Waals surface area contributed by atoms with E-state index in [0.29, 0.717) is 22.5 Å². The van der Waals surface area contributed by atoms with E-state index in [1.165, 1.54) is 11.1 Å². The zero-order valence-corrected chi connectivity index (χ0v) is 21.6. The van der Waals surface area contributed by atoms with Gasteiger partial charge in [0.2, 0.25) is 11.6 Å². The summed E-state index contributed by atoms with van der Waals surface area (Å²) in [6, 6.07) is 20.0. The van der Waals surface area contributed by atoms with Crippen LogP contribution in [0.15, 0.2) is 73.1 Å². The summed E-state index contributed by atoms with van der Waals surface area (Å²) in [7, 11) is 0. The number of carbonyl (C=O) groups excluding carboxylic acids is 2. The van der Waals surface area contributed by atoms with Gasteiger partial charge < -0.3 is 0 Å². The van der Waals surface area contributed by atoms with E-state index in [1.54, 1.807) is 24.5 Å². The number of rotatable bonds is 2. The Balaban J connectivity index is 1.52. The van der Waals surface area contributed by atoms with Crippen LogP contribution < -0.4 is 0 Å². The zero-order chi connectivity index (χ0) is 25.8. The number of hydrogen-bond donors (Lipinski definition) is 0. The van der Waals surface area contributed by atoms with Gasteiger partial charge in [-0.3, -0.25) is 19.6 Å². The molecule has 1 aliphatic rings. The van der Waals surface area contributed by atoms with Crippen LogP contribution in [0.25, 0.3) is 33.6 Å². The molecule has 180 valence electrons. The molecular formula is C32H30N2O2. The Hall–Kier alpha value is -3.92. The van der Waals surface area contributed by atoms with Gasteiger partial charge in [-0.25, -0.2) is 0 Å². The SMILES string of the molecule is CC(C)(C)c1ccc(-c2cnc3c(c2)C(=O)C(=O)c2cc(-c4ccc(C(C)(C)C)cc4)cnc2-3)cc1. The lowest BCUT2D eigenvalue weighted by atomic mass is 9.85. The Kier molecular flexibility index (Phi) is 5.51. The van der Waals surface area contributed by atoms with Gasteiger partial charge in [0, 0.05) is 23.5 Å². The van der Waals surface area contributed by atoms with E-state index in [-0.39, 0.29) is 10.8 Å². The van der Waals surface area contributed by atoms with Crippen LogP contribution in [0.1, 0.15) is 73.4 Å². The van der Waals surface area contributed by atoms with Crippen molar-refractivity contribution >= 4 is 11.6 Å². The molecule has 0 saturated heterocycles. The Morgan fingerprint density at radius 3 is 1.14 bits per heavy atom. The van der Waals surface area contributed by atoms with Gasteiger partial charge in [0.25, 0.3) is 0 Å². The Morgan fingerprint density at radius 1 is 0.500 bits per heavy atom. The smallest absolute Gasteiger partial charge is 0.235 e. The molecule has 2 aromatic carbocycles. The standard InChI is InChI=1S/C32H30N2O2/c1-31(2,3)23-11-7-19(8-12-23)21-15-25-27(33-17-21)28-26(30(36)29(25)35)16-22(18-34-28)20-9-13-24(14-10-20)32(4,5)6/h7-18H,1-6H3. The van der Waals surface area contributed by atoms with Crippen LogP contribution in [-0.2, 0) is 10.8 Å². The van der Waals surface area contributed by atoms with Crippen LogP contribution in [-0.4, -0.2) is 21.5 Å². The van der Waals surface area contributed by atoms with Crippen LogP contribution in [0.5, 0.6) is 0 Å². The van der Waals surface area contributed by atoms with Gasteiger partial charge >= 0.3 is 0 Å². The summed E-state index contributed by atoms with van der Waals surface area (Å²) in [5.41, 5.74) is 7.59. The zero-order valence-electron chi connectivity index (χ0n) is 21.6. The third kappa shape index (κ3) is 4.17. The fourth-order valence-corrected chi connectivity index (χ4v) is 4.54. The summed E-state index contributed by atoms with van der Waals surface area (Å²) in [4.78, 5) is 35.5. The number of pyridine rings is 2. The first-order valence-electron chi connectivity index (χ1n) is 12.2. The van der Waals surface area contributed by atoms with E-state index < -0.39 is 11.6 Å². The first-order chi connectivity index (χ1) is 16.9. The molecule has 0 saturated carbocycles. The molecule has 4 aromatic rings. The molecule has 0 bridgehead atoms. The van der Waals surface area contributed by atoms with Crippen molar-refractivity contribution in [2.75, 3.05) is 0 Å². The highest BCUT2D eigenvalue weighted by molar-refractivity contribution is 6.52. The summed E-state index contributed by atoms with van der Waals surface area (Å²) in [5.74, 6) is -1.08. The summed E-state index contributed by atoms with van der Waals surface area (Å²) >= 11 is 0. The summed E-state index contributed by atoms with van der Waals surface area (Å²) < 4.78 is 0. The van der Waals surface area contributed by atoms with Crippen molar-refractivity contribution in [2.45, 2.75) is 52.4 Å². The predicted octanol–water partition coefficient (Wildman–Crippen LogP) is 7.45. The maximum absolute atomic E-state index is 13.1. The monoisotopic (exact) mass is 474 g/mol. The van der Waals surface area contributed by atoms with E-state index in [2.05, 4.69) is 75.8 Å². The second-order valence-corrected chi connectivity index (χ2v) is 11.6. The molecule has 1 aliphatic carbocycles. The quantitative estimate of drug-likeness (QED) is 0.283. The number of nitrogens with zero attached hydrogens (tertiary/aromatic N) is 2. The van der Waals surface area contributed by atoms with E-state index in [0.717, 1.165) is 22.3 Å². The Bertz CT molecular complexity index is 1380. The normalized spacial score (nSPS) is 13.4. The van der Waals surface area contributed by atoms with Gasteiger partial charge in [-0.15, -0.1) is 0 Å². The molecule has 0 aliphatic heterocycles. The van der Waals surface area contributed by atoms with Crippen LogP contribution >= 0.6 is 0 Å². The lowest BCUT2D eigenvalue weighted by molar-refractivity contribution is 0.0815. The number of fused-ring (bicyclic) bond motifs is 3. The number of ketones is 2. The molecule has 2 aromatic heterocycles. The van der Waals surface area contributed by atoms with Crippen molar-refractivity contribution in [3.8, 4) is 33.6 Å². The maximum Gasteiger partial charge on any atom is 0.235 e. The lowest BCUT2D eigenvalue weighted by Gasteiger charge is -2.20. The molecule has 5 rings (SSSR count). The van der Waals surface area contributed by atoms with Gasteiger partial charge in [-0.05, 0) is 45.2 Å². The number of hydrogen-bond acceptors (Lipinski definition) is 4. The second-order valence-electron chi connectivity index (χ2n) is 11.6. The molecular weight excluding hydrogens is 444 g/mol. The van der Waals surface area contributed by atoms with Gasteiger partial charge in [0.1, 0.15) is 11.4 Å². The van der Waals surface area contributed by atoms with Crippen LogP contribution in [0, 0.1) is 0 Å². The summed E-state index contributed by atoms with van der Waals surface area (Å²) in [6.07, 6.45) is 3.50. The average molecular weight is 475 g/mol. The fourth-order valence-electron chi connectivity index (χ4n) is 4.54. The molecule has 0 amide bonds. The Labute approximate surface area is 212 Å². The second kappa shape index (κ2) is 8.34. The highest BCUT2D eigenvalue weighted by Crippen LogP contribution is 2.35. The van der Waals surface area contributed by atoms with E-state index in [1.807, 2.05) is 24.3 Å². The Morgan fingerprint density at radius 2 is 0.833 bits per heavy atom. The molecule has 0 spiro atoms. The largest absolute Gasteiger partial charge is 0.285 e. The maximum atomic E-state index is 13.1. The van der Waals surface area contributed by atoms with Crippen LogP contribution in [0.4, 0.5) is 0 Å². The molecule has 0 N–H and O–H groups in total. The van der Waals surface area contributed by atoms with Crippen molar-refractivity contribution in [3.63, 3.8) is 0 Å². The molecule has 4 nitrogen and oxygen atoms in total. The number of Topliss-reactive ketones (excluding diaryl/α,β-unsaturated/α-hetero) is 2. The van der Waals surface area contributed by atoms with Gasteiger partial charge in [-0.2, -0.15) is 0 Å².